The maximum atomic E-state index is 11.7. The molecule has 1 radical (unpaired) electrons. The van der Waals surface area contributed by atoms with Crippen LogP contribution in [0.15, 0.2) is 28.7 Å². The van der Waals surface area contributed by atoms with E-state index >= 15 is 0 Å². The van der Waals surface area contributed by atoms with Crippen LogP contribution < -0.4 is 5.32 Å². The number of para-hydroxylation sites is 1. The molecular weight excluding hydrogens is 321 g/mol. The number of nitrogens with one attached hydrogen (secondary N) is 2. The summed E-state index contributed by atoms with van der Waals surface area (Å²) in [5, 5.41) is 2.95. The van der Waals surface area contributed by atoms with Gasteiger partial charge < -0.3 is 22.9 Å². The summed E-state index contributed by atoms with van der Waals surface area (Å²) in [5.74, 6) is -0.0979. The minimum atomic E-state index is -0.971. The molecule has 2 rings (SSSR count). The summed E-state index contributed by atoms with van der Waals surface area (Å²) in [5.41, 5.74) is 7.73. The number of furan rings is 1. The van der Waals surface area contributed by atoms with Gasteiger partial charge in [0.05, 0.1) is 0 Å². The average Bonchev–Trinajstić information content (AvgIpc) is 2.67. The van der Waals surface area contributed by atoms with Crippen LogP contribution in [-0.4, -0.2) is 11.8 Å². The van der Waals surface area contributed by atoms with Crippen molar-refractivity contribution in [2.75, 3.05) is 5.32 Å². The first-order valence-electron chi connectivity index (χ1n) is 5.20. The molecule has 0 spiro atoms. The van der Waals surface area contributed by atoms with E-state index in [1.54, 1.807) is 31.2 Å². The molecule has 0 saturated heterocycles. The predicted octanol–water partition coefficient (Wildman–Crippen LogP) is 4.06. The molecule has 0 saturated carbocycles. The van der Waals surface area contributed by atoms with Crippen LogP contribution in [0.4, 0.5) is 10.5 Å². The molecule has 6 heteroatoms. The third kappa shape index (κ3) is 3.64. The monoisotopic (exact) mass is 335 g/mol. The van der Waals surface area contributed by atoms with Crippen molar-refractivity contribution in [1.82, 2.24) is 0 Å². The minimum Gasteiger partial charge on any atom is -0.453 e. The van der Waals surface area contributed by atoms with E-state index in [0.717, 1.165) is 0 Å². The molecule has 2 N–H and O–H groups in total. The van der Waals surface area contributed by atoms with Gasteiger partial charge in [-0.15, -0.1) is 0 Å². The number of Topliss-reactive ketones (excluding diaryl/α,β-unsaturated/α-hetero) is 1. The Morgan fingerprint density at radius 2 is 1.95 bits per heavy atom. The van der Waals surface area contributed by atoms with Crippen LogP contribution >= 0.6 is 0 Å². The Kier molecular flexibility index (Phi) is 6.94. The van der Waals surface area contributed by atoms with Crippen LogP contribution in [0, 0.1) is 7.43 Å². The van der Waals surface area contributed by atoms with Crippen LogP contribution in [0.5, 0.6) is 0 Å². The molecule has 0 atom stereocenters. The van der Waals surface area contributed by atoms with Gasteiger partial charge in [-0.2, -0.15) is 0 Å². The number of amides is 2. The van der Waals surface area contributed by atoms with Crippen molar-refractivity contribution in [3.8, 4) is 0 Å². The van der Waals surface area contributed by atoms with Crippen LogP contribution in [0.2, 0.25) is 0 Å². The Bertz CT molecular complexity index is 593. The van der Waals surface area contributed by atoms with Gasteiger partial charge in [0.1, 0.15) is 5.58 Å². The maximum absolute atomic E-state index is 11.7. The maximum Gasteiger partial charge on any atom is 0.198 e. The van der Waals surface area contributed by atoms with Gasteiger partial charge in [0.2, 0.25) is 0 Å². The molecule has 1 aromatic heterocycles. The molecule has 0 unspecified atom stereocenters. The summed E-state index contributed by atoms with van der Waals surface area (Å²) in [7, 11) is 0. The SMILES string of the molecule is CCC(=O)c1oc2ccccc2c1NC([NH-])=O.[CH3-].[Y]. The first kappa shape index (κ1) is 17.8. The zero-order valence-corrected chi connectivity index (χ0v) is 13.7. The smallest absolute Gasteiger partial charge is 0.198 e. The normalized spacial score (nSPS) is 9.32. The molecule has 0 aliphatic rings. The summed E-state index contributed by atoms with van der Waals surface area (Å²) in [6, 6.07) is 6.02. The summed E-state index contributed by atoms with van der Waals surface area (Å²) >= 11 is 0. The standard InChI is InChI=1S/C12H12N2O3.CH3.Y/c1-2-8(15)11-10(14-12(13)16)7-5-3-4-6-9(7)17-11;;/h3-6H,2H2,1H3,(H3,13,14,15,16);1H3;/q;-1;/p-1. The van der Waals surface area contributed by atoms with Crippen LogP contribution in [0.3, 0.4) is 0 Å². The fraction of sp³-hybridized carbons (Fsp3) is 0.154. The van der Waals surface area contributed by atoms with Gasteiger partial charge in [-0.3, -0.25) is 9.59 Å². The van der Waals surface area contributed by atoms with E-state index in [1.165, 1.54) is 0 Å². The molecule has 99 valence electrons. The van der Waals surface area contributed by atoms with Gasteiger partial charge in [-0.25, -0.2) is 0 Å². The van der Waals surface area contributed by atoms with E-state index in [0.29, 0.717) is 11.0 Å². The van der Waals surface area contributed by atoms with Gasteiger partial charge in [-0.1, -0.05) is 25.1 Å². The van der Waals surface area contributed by atoms with Crippen molar-refractivity contribution in [2.24, 2.45) is 0 Å². The minimum absolute atomic E-state index is 0. The first-order valence-corrected chi connectivity index (χ1v) is 5.20. The Balaban J connectivity index is 0.00000162. The van der Waals surface area contributed by atoms with Crippen LogP contribution in [-0.2, 0) is 32.7 Å². The number of carbonyl (C=O) groups excluding carboxylic acids is 2. The number of urea groups is 1. The average molecular weight is 335 g/mol. The molecule has 2 aromatic rings. The second-order valence-corrected chi connectivity index (χ2v) is 3.53. The molecular formula is C13H14N2O3Y-2. The second-order valence-electron chi connectivity index (χ2n) is 3.53. The van der Waals surface area contributed by atoms with Gasteiger partial charge in [-0.05, 0) is 6.07 Å². The van der Waals surface area contributed by atoms with E-state index in [1.807, 2.05) is 0 Å². The van der Waals surface area contributed by atoms with Crippen molar-refractivity contribution >= 4 is 28.5 Å². The number of benzene rings is 1. The van der Waals surface area contributed by atoms with Gasteiger partial charge >= 0.3 is 0 Å². The van der Waals surface area contributed by atoms with Gasteiger partial charge in [0.15, 0.2) is 17.6 Å². The van der Waals surface area contributed by atoms with Gasteiger partial charge in [0, 0.05) is 50.2 Å². The number of carbonyl (C=O) groups is 2. The third-order valence-electron chi connectivity index (χ3n) is 2.41. The molecule has 0 aliphatic carbocycles. The zero-order chi connectivity index (χ0) is 12.4. The number of fused-ring (bicyclic) bond motifs is 1. The predicted molar refractivity (Wildman–Crippen MR) is 70.6 cm³/mol. The van der Waals surface area contributed by atoms with E-state index < -0.39 is 6.03 Å². The fourth-order valence-corrected chi connectivity index (χ4v) is 1.64. The molecule has 0 bridgehead atoms. The molecule has 19 heavy (non-hydrogen) atoms. The number of rotatable bonds is 3. The Hall–Kier alpha value is -1.20. The summed E-state index contributed by atoms with van der Waals surface area (Å²) in [6.07, 6.45) is 0.278. The summed E-state index contributed by atoms with van der Waals surface area (Å²) in [6.45, 7) is 1.71. The molecule has 2 amide bonds. The fourth-order valence-electron chi connectivity index (χ4n) is 1.64. The molecule has 5 nitrogen and oxygen atoms in total. The molecule has 0 aliphatic heterocycles. The third-order valence-corrected chi connectivity index (χ3v) is 2.41. The van der Waals surface area contributed by atoms with Crippen molar-refractivity contribution < 1.29 is 46.7 Å². The number of anilines is 1. The molecule has 0 fully saturated rings. The molecule has 1 aromatic carbocycles. The van der Waals surface area contributed by atoms with E-state index in [4.69, 9.17) is 10.2 Å². The Morgan fingerprint density at radius 1 is 1.32 bits per heavy atom. The molecule has 1 heterocycles. The summed E-state index contributed by atoms with van der Waals surface area (Å²) < 4.78 is 5.41. The van der Waals surface area contributed by atoms with E-state index in [2.05, 4.69) is 5.32 Å². The Morgan fingerprint density at radius 3 is 2.53 bits per heavy atom. The van der Waals surface area contributed by atoms with Crippen LogP contribution in [0.25, 0.3) is 16.7 Å². The van der Waals surface area contributed by atoms with Crippen molar-refractivity contribution in [1.29, 1.82) is 0 Å². The second kappa shape index (κ2) is 7.41. The van der Waals surface area contributed by atoms with E-state index in [-0.39, 0.29) is 63.8 Å². The van der Waals surface area contributed by atoms with Crippen LogP contribution in [0.1, 0.15) is 23.9 Å². The Labute approximate surface area is 136 Å². The topological polar surface area (TPSA) is 83.1 Å². The number of hydrogen-bond acceptors (Lipinski definition) is 3. The largest absolute Gasteiger partial charge is 0.453 e. The van der Waals surface area contributed by atoms with Crippen molar-refractivity contribution in [2.45, 2.75) is 13.3 Å². The first-order chi connectivity index (χ1) is 8.13. The summed E-state index contributed by atoms with van der Waals surface area (Å²) in [4.78, 5) is 22.5. The quantitative estimate of drug-likeness (QED) is 0.678. The number of ketones is 1. The number of hydrogen-bond donors (Lipinski definition) is 1. The zero-order valence-electron chi connectivity index (χ0n) is 10.8. The van der Waals surface area contributed by atoms with Crippen molar-refractivity contribution in [3.05, 3.63) is 43.2 Å². The van der Waals surface area contributed by atoms with E-state index in [9.17, 15) is 9.59 Å². The van der Waals surface area contributed by atoms with Gasteiger partial charge in [0.25, 0.3) is 0 Å². The van der Waals surface area contributed by atoms with Crippen molar-refractivity contribution in [3.63, 3.8) is 0 Å².